The summed E-state index contributed by atoms with van der Waals surface area (Å²) < 4.78 is 0. The molecule has 3 N–H and O–H groups in total. The molecule has 1 aliphatic carbocycles. The van der Waals surface area contributed by atoms with Gasteiger partial charge in [-0.3, -0.25) is 4.79 Å². The van der Waals surface area contributed by atoms with Gasteiger partial charge in [0.05, 0.1) is 0 Å². The third-order valence-electron chi connectivity index (χ3n) is 5.16. The zero-order chi connectivity index (χ0) is 15.8. The molecule has 0 heterocycles. The maximum absolute atomic E-state index is 12.2. The molecule has 0 radical (unpaired) electrons. The third-order valence-corrected chi connectivity index (χ3v) is 5.16. The van der Waals surface area contributed by atoms with E-state index in [9.17, 15) is 4.79 Å². The number of nitrogens with one attached hydrogen (secondary N) is 1. The fourth-order valence-corrected chi connectivity index (χ4v) is 3.81. The van der Waals surface area contributed by atoms with Gasteiger partial charge >= 0.3 is 0 Å². The molecular weight excluding hydrogens is 272 g/mol. The number of benzene rings is 1. The lowest BCUT2D eigenvalue weighted by atomic mass is 9.73. The topological polar surface area (TPSA) is 55.1 Å². The van der Waals surface area contributed by atoms with Gasteiger partial charge in [-0.15, -0.1) is 0 Å². The van der Waals surface area contributed by atoms with Crippen LogP contribution in [0.25, 0.3) is 0 Å². The predicted molar refractivity (Wildman–Crippen MR) is 91.7 cm³/mol. The molecule has 1 aliphatic rings. The number of nitrogens with two attached hydrogens (primary N) is 1. The molecule has 0 bridgehead atoms. The molecule has 1 atom stereocenters. The van der Waals surface area contributed by atoms with E-state index in [1.165, 1.54) is 31.2 Å². The second-order valence-electron chi connectivity index (χ2n) is 6.62. The van der Waals surface area contributed by atoms with Crippen LogP contribution in [0.15, 0.2) is 30.3 Å². The van der Waals surface area contributed by atoms with Gasteiger partial charge in [-0.2, -0.15) is 0 Å². The van der Waals surface area contributed by atoms with Gasteiger partial charge in [0.25, 0.3) is 0 Å². The fourth-order valence-electron chi connectivity index (χ4n) is 3.81. The summed E-state index contributed by atoms with van der Waals surface area (Å²) >= 11 is 0. The number of unbranched alkanes of at least 4 members (excludes halogenated alkanes) is 2. The van der Waals surface area contributed by atoms with Crippen molar-refractivity contribution in [1.82, 2.24) is 5.32 Å². The number of carbonyl (C=O) groups excluding carboxylic acids is 1. The Hall–Kier alpha value is -1.35. The van der Waals surface area contributed by atoms with Crippen LogP contribution in [0.3, 0.4) is 0 Å². The molecule has 0 aromatic heterocycles. The molecule has 122 valence electrons. The number of amides is 1. The van der Waals surface area contributed by atoms with E-state index in [2.05, 4.69) is 42.6 Å². The maximum atomic E-state index is 12.2. The largest absolute Gasteiger partial charge is 0.353 e. The van der Waals surface area contributed by atoms with E-state index in [-0.39, 0.29) is 17.4 Å². The summed E-state index contributed by atoms with van der Waals surface area (Å²) in [6.07, 6.45) is 8.47. The van der Waals surface area contributed by atoms with Crippen molar-refractivity contribution in [1.29, 1.82) is 0 Å². The molecule has 1 aromatic carbocycles. The van der Waals surface area contributed by atoms with E-state index in [1.54, 1.807) is 0 Å². The molecular formula is C19H30N2O. The Morgan fingerprint density at radius 3 is 2.50 bits per heavy atom. The number of carbonyl (C=O) groups is 1. The van der Waals surface area contributed by atoms with Crippen molar-refractivity contribution in [3.05, 3.63) is 35.9 Å². The molecule has 0 spiro atoms. The van der Waals surface area contributed by atoms with Crippen molar-refractivity contribution in [2.45, 2.75) is 69.7 Å². The van der Waals surface area contributed by atoms with Crippen molar-refractivity contribution in [3.8, 4) is 0 Å². The number of hydrogen-bond donors (Lipinski definition) is 2. The predicted octanol–water partition coefficient (Wildman–Crippen LogP) is 3.52. The first-order valence-electron chi connectivity index (χ1n) is 8.74. The highest BCUT2D eigenvalue weighted by Crippen LogP contribution is 2.43. The van der Waals surface area contributed by atoms with Gasteiger partial charge in [-0.05, 0) is 44.7 Å². The number of hydrogen-bond acceptors (Lipinski definition) is 2. The Balaban J connectivity index is 1.96. The van der Waals surface area contributed by atoms with Crippen LogP contribution in [0.1, 0.15) is 63.9 Å². The SMILES string of the molecule is CC(NC(=O)CCCCCN)C1(c2ccccc2)CCCC1. The molecule has 1 unspecified atom stereocenters. The van der Waals surface area contributed by atoms with Gasteiger partial charge in [0.1, 0.15) is 0 Å². The highest BCUT2D eigenvalue weighted by atomic mass is 16.1. The van der Waals surface area contributed by atoms with E-state index < -0.39 is 0 Å². The molecule has 0 saturated heterocycles. The van der Waals surface area contributed by atoms with Crippen molar-refractivity contribution < 1.29 is 4.79 Å². The minimum absolute atomic E-state index is 0.119. The second kappa shape index (κ2) is 8.33. The molecule has 2 rings (SSSR count). The molecule has 1 aromatic rings. The van der Waals surface area contributed by atoms with Crippen LogP contribution >= 0.6 is 0 Å². The van der Waals surface area contributed by atoms with Gasteiger partial charge < -0.3 is 11.1 Å². The average Bonchev–Trinajstić information content (AvgIpc) is 3.03. The molecule has 3 heteroatoms. The van der Waals surface area contributed by atoms with Crippen LogP contribution in [-0.2, 0) is 10.2 Å². The first kappa shape index (κ1) is 17.0. The Kier molecular flexibility index (Phi) is 6.44. The molecule has 0 aliphatic heterocycles. The van der Waals surface area contributed by atoms with Crippen molar-refractivity contribution in [2.24, 2.45) is 5.73 Å². The fraction of sp³-hybridized carbons (Fsp3) is 0.632. The van der Waals surface area contributed by atoms with Gasteiger partial charge in [-0.25, -0.2) is 0 Å². The molecule has 1 fully saturated rings. The summed E-state index contributed by atoms with van der Waals surface area (Å²) in [5.74, 6) is 0.187. The average molecular weight is 302 g/mol. The summed E-state index contributed by atoms with van der Waals surface area (Å²) in [4.78, 5) is 12.2. The van der Waals surface area contributed by atoms with Crippen LogP contribution in [0.2, 0.25) is 0 Å². The Morgan fingerprint density at radius 2 is 1.86 bits per heavy atom. The van der Waals surface area contributed by atoms with Crippen LogP contribution in [0.5, 0.6) is 0 Å². The van der Waals surface area contributed by atoms with Gasteiger partial charge in [0, 0.05) is 17.9 Å². The zero-order valence-electron chi connectivity index (χ0n) is 13.8. The summed E-state index contributed by atoms with van der Waals surface area (Å²) in [6.45, 7) is 2.89. The molecule has 1 saturated carbocycles. The monoisotopic (exact) mass is 302 g/mol. The van der Waals surface area contributed by atoms with E-state index in [0.717, 1.165) is 25.8 Å². The van der Waals surface area contributed by atoms with Crippen LogP contribution < -0.4 is 11.1 Å². The lowest BCUT2D eigenvalue weighted by Crippen LogP contribution is -2.47. The highest BCUT2D eigenvalue weighted by Gasteiger charge is 2.40. The van der Waals surface area contributed by atoms with E-state index in [1.807, 2.05) is 0 Å². The number of rotatable bonds is 8. The summed E-state index contributed by atoms with van der Waals surface area (Å²) in [6, 6.07) is 10.9. The summed E-state index contributed by atoms with van der Waals surface area (Å²) in [5, 5.41) is 3.27. The van der Waals surface area contributed by atoms with E-state index in [4.69, 9.17) is 5.73 Å². The first-order valence-corrected chi connectivity index (χ1v) is 8.74. The van der Waals surface area contributed by atoms with Crippen molar-refractivity contribution in [3.63, 3.8) is 0 Å². The van der Waals surface area contributed by atoms with Gasteiger partial charge in [0.15, 0.2) is 0 Å². The smallest absolute Gasteiger partial charge is 0.220 e. The minimum atomic E-state index is 0.119. The Morgan fingerprint density at radius 1 is 1.18 bits per heavy atom. The van der Waals surface area contributed by atoms with E-state index >= 15 is 0 Å². The maximum Gasteiger partial charge on any atom is 0.220 e. The summed E-state index contributed by atoms with van der Waals surface area (Å²) in [5.41, 5.74) is 6.99. The normalized spacial score (nSPS) is 18.1. The van der Waals surface area contributed by atoms with E-state index in [0.29, 0.717) is 6.42 Å². The molecule has 22 heavy (non-hydrogen) atoms. The molecule has 1 amide bonds. The minimum Gasteiger partial charge on any atom is -0.353 e. The Bertz CT molecular complexity index is 452. The van der Waals surface area contributed by atoms with Gasteiger partial charge in [-0.1, -0.05) is 49.6 Å². The zero-order valence-corrected chi connectivity index (χ0v) is 13.8. The first-order chi connectivity index (χ1) is 10.7. The van der Waals surface area contributed by atoms with Crippen LogP contribution in [0, 0.1) is 0 Å². The summed E-state index contributed by atoms with van der Waals surface area (Å²) in [7, 11) is 0. The van der Waals surface area contributed by atoms with Crippen LogP contribution in [-0.4, -0.2) is 18.5 Å². The highest BCUT2D eigenvalue weighted by molar-refractivity contribution is 5.76. The standard InChI is InChI=1S/C19H30N2O/c1-16(21-18(22)12-6-3-9-15-20)19(13-7-8-14-19)17-10-4-2-5-11-17/h2,4-5,10-11,16H,3,6-9,12-15,20H2,1H3,(H,21,22). The lowest BCUT2D eigenvalue weighted by Gasteiger charge is -2.36. The van der Waals surface area contributed by atoms with Crippen molar-refractivity contribution >= 4 is 5.91 Å². The quantitative estimate of drug-likeness (QED) is 0.722. The third kappa shape index (κ3) is 4.10. The second-order valence-corrected chi connectivity index (χ2v) is 6.62. The van der Waals surface area contributed by atoms with Crippen LogP contribution in [0.4, 0.5) is 0 Å². The Labute approximate surface area is 134 Å². The lowest BCUT2D eigenvalue weighted by molar-refractivity contribution is -0.122. The molecule has 3 nitrogen and oxygen atoms in total. The van der Waals surface area contributed by atoms with Gasteiger partial charge in [0.2, 0.25) is 5.91 Å². The van der Waals surface area contributed by atoms with Crippen molar-refractivity contribution in [2.75, 3.05) is 6.54 Å².